The Morgan fingerprint density at radius 3 is 2.53 bits per heavy atom. The van der Waals surface area contributed by atoms with E-state index in [4.69, 9.17) is 15.5 Å². The highest BCUT2D eigenvalue weighted by Gasteiger charge is 2.55. The molecule has 0 aromatic heterocycles. The molecule has 5 nitrogen and oxygen atoms in total. The minimum Gasteiger partial charge on any atom is -0.450 e. The highest BCUT2D eigenvalue weighted by Crippen LogP contribution is 2.63. The minimum atomic E-state index is -3.07. The Bertz CT molecular complexity index is 275. The number of carbonyl (C=O) groups is 1. The minimum absolute atomic E-state index is 0.107. The van der Waals surface area contributed by atoms with Crippen molar-refractivity contribution in [3.8, 4) is 12.3 Å². The van der Waals surface area contributed by atoms with Gasteiger partial charge < -0.3 is 4.74 Å². The summed E-state index contributed by atoms with van der Waals surface area (Å²) in [6, 6.07) is 0. The smallest absolute Gasteiger partial charge is 0.421 e. The van der Waals surface area contributed by atoms with Crippen LogP contribution in [-0.4, -0.2) is 35.8 Å². The Labute approximate surface area is 89.3 Å². The maximum absolute atomic E-state index is 11.2. The second kappa shape index (κ2) is 4.91. The second-order valence-electron chi connectivity index (χ2n) is 3.28. The van der Waals surface area contributed by atoms with Gasteiger partial charge in [0.1, 0.15) is 12.2 Å². The second-order valence-corrected chi connectivity index (χ2v) is 5.29. The van der Waals surface area contributed by atoms with Gasteiger partial charge in [0.15, 0.2) is 6.61 Å². The average molecular weight is 233 g/mol. The van der Waals surface area contributed by atoms with Crippen molar-refractivity contribution in [2.75, 3.05) is 12.8 Å². The summed E-state index contributed by atoms with van der Waals surface area (Å²) in [5.41, 5.74) is 0. The molecule has 2 unspecified atom stereocenters. The van der Waals surface area contributed by atoms with E-state index in [2.05, 4.69) is 10.7 Å². The molecule has 0 amide bonds. The van der Waals surface area contributed by atoms with Crippen LogP contribution in [-0.2, 0) is 18.6 Å². The van der Waals surface area contributed by atoms with E-state index in [1.165, 1.54) is 0 Å². The highest BCUT2D eigenvalue weighted by atomic mass is 31.2. The lowest BCUT2D eigenvalue weighted by atomic mass is 10.3. The number of hydrogen-bond donors (Lipinski definition) is 1. The molecule has 0 radical (unpaired) electrons. The molecule has 1 aliphatic rings. The first-order valence-electron chi connectivity index (χ1n) is 4.53. The highest BCUT2D eigenvalue weighted by molar-refractivity contribution is 7.61. The van der Waals surface area contributed by atoms with Gasteiger partial charge in [-0.3, -0.25) is 0 Å². The first kappa shape index (κ1) is 12.4. The zero-order valence-corrected chi connectivity index (χ0v) is 9.57. The van der Waals surface area contributed by atoms with Crippen LogP contribution < -0.4 is 0 Å². The van der Waals surface area contributed by atoms with E-state index in [-0.39, 0.29) is 25.0 Å². The van der Waals surface area contributed by atoms with Crippen LogP contribution in [0.25, 0.3) is 0 Å². The van der Waals surface area contributed by atoms with Crippen molar-refractivity contribution in [3.63, 3.8) is 0 Å². The van der Waals surface area contributed by atoms with Crippen molar-refractivity contribution >= 4 is 13.9 Å². The lowest BCUT2D eigenvalue weighted by Gasteiger charge is -2.08. The van der Waals surface area contributed by atoms with Gasteiger partial charge >= 0.3 is 13.9 Å². The number of rotatable bonds is 3. The summed E-state index contributed by atoms with van der Waals surface area (Å²) in [6.07, 6.45) is 4.21. The summed E-state index contributed by atoms with van der Waals surface area (Å²) >= 11 is 0. The molecule has 0 aliphatic carbocycles. The van der Waals surface area contributed by atoms with Gasteiger partial charge in [-0.2, -0.15) is 13.9 Å². The molecule has 84 valence electrons. The largest absolute Gasteiger partial charge is 0.450 e. The SMILES string of the molecule is C#CCOC(=O)C[P+]1(O)OC(C)C(C)O1. The van der Waals surface area contributed by atoms with Gasteiger partial charge in [-0.1, -0.05) is 5.92 Å². The van der Waals surface area contributed by atoms with Gasteiger partial charge in [0, 0.05) is 0 Å². The molecule has 0 saturated carbocycles. The van der Waals surface area contributed by atoms with Crippen LogP contribution in [0, 0.1) is 12.3 Å². The molecule has 2 atom stereocenters. The molecule has 1 fully saturated rings. The van der Waals surface area contributed by atoms with Gasteiger partial charge in [-0.15, -0.1) is 6.42 Å². The summed E-state index contributed by atoms with van der Waals surface area (Å²) in [7, 11) is -3.07. The number of terminal acetylenes is 1. The van der Waals surface area contributed by atoms with E-state index in [0.717, 1.165) is 0 Å². The molecule has 15 heavy (non-hydrogen) atoms. The van der Waals surface area contributed by atoms with Crippen LogP contribution in [0.15, 0.2) is 0 Å². The molecule has 1 saturated heterocycles. The summed E-state index contributed by atoms with van der Waals surface area (Å²) < 4.78 is 15.0. The number of ether oxygens (including phenoxy) is 1. The van der Waals surface area contributed by atoms with E-state index < -0.39 is 13.9 Å². The molecule has 0 aromatic rings. The van der Waals surface area contributed by atoms with Crippen molar-refractivity contribution in [1.82, 2.24) is 0 Å². The molecular formula is C9H14O5P+. The molecule has 0 spiro atoms. The number of hydrogen-bond acceptors (Lipinski definition) is 5. The first-order chi connectivity index (χ1) is 6.97. The van der Waals surface area contributed by atoms with Crippen molar-refractivity contribution in [2.45, 2.75) is 26.1 Å². The fourth-order valence-electron chi connectivity index (χ4n) is 1.12. The van der Waals surface area contributed by atoms with Gasteiger partial charge in [-0.25, -0.2) is 4.79 Å². The fourth-order valence-corrected chi connectivity index (χ4v) is 3.12. The molecule has 6 heteroatoms. The summed E-state index contributed by atoms with van der Waals surface area (Å²) in [5, 5.41) is 0. The van der Waals surface area contributed by atoms with Crippen LogP contribution in [0.5, 0.6) is 0 Å². The van der Waals surface area contributed by atoms with Crippen molar-refractivity contribution in [2.24, 2.45) is 0 Å². The van der Waals surface area contributed by atoms with Crippen LogP contribution in [0.1, 0.15) is 13.8 Å². The lowest BCUT2D eigenvalue weighted by molar-refractivity contribution is -0.139. The van der Waals surface area contributed by atoms with Crippen LogP contribution in [0.3, 0.4) is 0 Å². The summed E-state index contributed by atoms with van der Waals surface area (Å²) in [6.45, 7) is 3.44. The predicted molar refractivity (Wildman–Crippen MR) is 54.9 cm³/mol. The van der Waals surface area contributed by atoms with E-state index in [1.807, 2.05) is 0 Å². The van der Waals surface area contributed by atoms with E-state index in [9.17, 15) is 9.69 Å². The van der Waals surface area contributed by atoms with Gasteiger partial charge in [0.2, 0.25) is 6.16 Å². The molecule has 0 aromatic carbocycles. The molecule has 0 bridgehead atoms. The normalized spacial score (nSPS) is 34.8. The van der Waals surface area contributed by atoms with Crippen LogP contribution in [0.4, 0.5) is 0 Å². The third kappa shape index (κ3) is 3.44. The van der Waals surface area contributed by atoms with Crippen molar-refractivity contribution in [1.29, 1.82) is 0 Å². The van der Waals surface area contributed by atoms with Crippen LogP contribution in [0.2, 0.25) is 0 Å². The standard InChI is InChI=1S/C9H14O5P/c1-4-5-12-9(10)6-15(11)13-7(2)8(3)14-15/h1,7-8,11H,5-6H2,2-3H3/q+1. The van der Waals surface area contributed by atoms with E-state index >= 15 is 0 Å². The van der Waals surface area contributed by atoms with Crippen LogP contribution >= 0.6 is 7.94 Å². The van der Waals surface area contributed by atoms with Gasteiger partial charge in [0.25, 0.3) is 0 Å². The Kier molecular flexibility index (Phi) is 4.06. The quantitative estimate of drug-likeness (QED) is 0.442. The Morgan fingerprint density at radius 2 is 2.07 bits per heavy atom. The molecule has 1 aliphatic heterocycles. The zero-order chi connectivity index (χ0) is 11.5. The van der Waals surface area contributed by atoms with Crippen molar-refractivity contribution in [3.05, 3.63) is 0 Å². The molecule has 1 rings (SSSR count). The molecule has 1 N–H and O–H groups in total. The van der Waals surface area contributed by atoms with Gasteiger partial charge in [-0.05, 0) is 13.8 Å². The predicted octanol–water partition coefficient (Wildman–Crippen LogP) is 0.742. The first-order valence-corrected chi connectivity index (χ1v) is 6.30. The van der Waals surface area contributed by atoms with E-state index in [1.54, 1.807) is 13.8 Å². The lowest BCUT2D eigenvalue weighted by Crippen LogP contribution is -2.14. The van der Waals surface area contributed by atoms with Gasteiger partial charge in [0.05, 0.1) is 0 Å². The number of carbonyl (C=O) groups excluding carboxylic acids is 1. The maximum Gasteiger partial charge on any atom is 0.421 e. The Hall–Kier alpha value is -0.660. The third-order valence-corrected chi connectivity index (χ3v) is 3.95. The Balaban J connectivity index is 2.45. The summed E-state index contributed by atoms with van der Waals surface area (Å²) in [5.74, 6) is 1.55. The van der Waals surface area contributed by atoms with E-state index in [0.29, 0.717) is 0 Å². The average Bonchev–Trinajstić information content (AvgIpc) is 2.37. The Morgan fingerprint density at radius 1 is 1.53 bits per heavy atom. The topological polar surface area (TPSA) is 65.0 Å². The molecular weight excluding hydrogens is 219 g/mol. The fraction of sp³-hybridized carbons (Fsp3) is 0.667. The summed E-state index contributed by atoms with van der Waals surface area (Å²) in [4.78, 5) is 21.0. The molecule has 1 heterocycles. The third-order valence-electron chi connectivity index (χ3n) is 1.97. The number of esters is 1. The van der Waals surface area contributed by atoms with Crippen molar-refractivity contribution < 1.29 is 23.5 Å². The monoisotopic (exact) mass is 233 g/mol. The zero-order valence-electron chi connectivity index (χ0n) is 8.67. The maximum atomic E-state index is 11.2.